The highest BCUT2D eigenvalue weighted by Crippen LogP contribution is 2.47. The zero-order chi connectivity index (χ0) is 23.5. The van der Waals surface area contributed by atoms with E-state index in [1.165, 1.54) is 24.3 Å². The number of hydrogen-bond acceptors (Lipinski definition) is 5. The summed E-state index contributed by atoms with van der Waals surface area (Å²) in [5.74, 6) is 1.46. The molecule has 2 saturated heterocycles. The molecule has 2 heterocycles. The Labute approximate surface area is 198 Å². The van der Waals surface area contributed by atoms with Gasteiger partial charge in [-0.15, -0.1) is 11.8 Å². The topological polar surface area (TPSA) is 59.1 Å². The summed E-state index contributed by atoms with van der Waals surface area (Å²) in [6, 6.07) is 11.3. The summed E-state index contributed by atoms with van der Waals surface area (Å²) in [4.78, 5) is 29.5. The first-order chi connectivity index (χ1) is 15.9. The second kappa shape index (κ2) is 10.0. The summed E-state index contributed by atoms with van der Waals surface area (Å²) >= 11 is 1.62. The molecule has 0 aliphatic carbocycles. The molecule has 0 radical (unpaired) electrons. The lowest BCUT2D eigenvalue weighted by Gasteiger charge is -2.35. The summed E-state index contributed by atoms with van der Waals surface area (Å²) in [6.45, 7) is 3.83. The molecule has 0 aromatic heterocycles. The van der Waals surface area contributed by atoms with E-state index in [0.29, 0.717) is 31.1 Å². The fourth-order valence-corrected chi connectivity index (χ4v) is 5.81. The maximum atomic E-state index is 13.2. The summed E-state index contributed by atoms with van der Waals surface area (Å²) in [7, 11) is 3.26. The van der Waals surface area contributed by atoms with Crippen LogP contribution < -0.4 is 9.47 Å². The molecule has 2 fully saturated rings. The molecule has 0 bridgehead atoms. The van der Waals surface area contributed by atoms with Crippen LogP contribution in [0.3, 0.4) is 0 Å². The van der Waals surface area contributed by atoms with Crippen molar-refractivity contribution in [1.82, 2.24) is 9.80 Å². The van der Waals surface area contributed by atoms with Crippen LogP contribution in [0.5, 0.6) is 11.5 Å². The van der Waals surface area contributed by atoms with E-state index in [9.17, 15) is 14.0 Å². The van der Waals surface area contributed by atoms with Crippen molar-refractivity contribution >= 4 is 23.6 Å². The van der Waals surface area contributed by atoms with Gasteiger partial charge in [0, 0.05) is 30.8 Å². The van der Waals surface area contributed by atoms with Crippen LogP contribution in [0, 0.1) is 11.7 Å². The molecule has 8 heteroatoms. The van der Waals surface area contributed by atoms with Gasteiger partial charge < -0.3 is 19.3 Å². The van der Waals surface area contributed by atoms with Crippen LogP contribution in [-0.2, 0) is 4.79 Å². The highest BCUT2D eigenvalue weighted by molar-refractivity contribution is 8.01. The average Bonchev–Trinajstić information content (AvgIpc) is 3.12. The van der Waals surface area contributed by atoms with E-state index in [-0.39, 0.29) is 28.3 Å². The van der Waals surface area contributed by atoms with Gasteiger partial charge in [-0.3, -0.25) is 9.59 Å². The maximum Gasteiger partial charge on any atom is 0.253 e. The van der Waals surface area contributed by atoms with E-state index in [1.54, 1.807) is 26.0 Å². The number of carbonyl (C=O) groups is 2. The van der Waals surface area contributed by atoms with Crippen molar-refractivity contribution in [1.29, 1.82) is 0 Å². The number of hydrogen-bond donors (Lipinski definition) is 0. The lowest BCUT2D eigenvalue weighted by atomic mass is 9.95. The molecule has 2 aromatic rings. The van der Waals surface area contributed by atoms with Gasteiger partial charge in [0.05, 0.1) is 19.5 Å². The fraction of sp³-hybridized carbons (Fsp3) is 0.440. The largest absolute Gasteiger partial charge is 0.497 e. The molecule has 2 amide bonds. The van der Waals surface area contributed by atoms with E-state index >= 15 is 0 Å². The Kier molecular flexibility index (Phi) is 7.12. The van der Waals surface area contributed by atoms with Gasteiger partial charge in [0.25, 0.3) is 5.91 Å². The summed E-state index contributed by atoms with van der Waals surface area (Å²) < 4.78 is 24.2. The maximum absolute atomic E-state index is 13.2. The van der Waals surface area contributed by atoms with Gasteiger partial charge in [0.2, 0.25) is 5.91 Å². The monoisotopic (exact) mass is 472 g/mol. The number of methoxy groups -OCH3 is 2. The van der Waals surface area contributed by atoms with E-state index < -0.39 is 0 Å². The molecule has 0 saturated carbocycles. The molecule has 176 valence electrons. The molecule has 0 spiro atoms. The first-order valence-corrected chi connectivity index (χ1v) is 12.1. The molecule has 4 rings (SSSR count). The number of rotatable bonds is 6. The van der Waals surface area contributed by atoms with E-state index in [2.05, 4.69) is 0 Å². The van der Waals surface area contributed by atoms with Crippen molar-refractivity contribution in [3.63, 3.8) is 0 Å². The van der Waals surface area contributed by atoms with E-state index in [4.69, 9.17) is 9.47 Å². The first-order valence-electron chi connectivity index (χ1n) is 11.1. The third-order valence-electron chi connectivity index (χ3n) is 6.40. The smallest absolute Gasteiger partial charge is 0.253 e. The molecule has 0 N–H and O–H groups in total. The first kappa shape index (κ1) is 23.4. The Morgan fingerprint density at radius 3 is 2.42 bits per heavy atom. The Hall–Kier alpha value is -2.74. The zero-order valence-corrected chi connectivity index (χ0v) is 19.9. The Morgan fingerprint density at radius 2 is 1.79 bits per heavy atom. The number of ether oxygens (including phenoxy) is 2. The van der Waals surface area contributed by atoms with Crippen molar-refractivity contribution in [2.24, 2.45) is 5.92 Å². The molecule has 33 heavy (non-hydrogen) atoms. The van der Waals surface area contributed by atoms with Crippen LogP contribution >= 0.6 is 11.8 Å². The van der Waals surface area contributed by atoms with Crippen molar-refractivity contribution < 1.29 is 23.5 Å². The molecule has 2 aliphatic rings. The number of carbonyl (C=O) groups excluding carboxylic acids is 2. The minimum absolute atomic E-state index is 0.0751. The number of thioether (sulfide) groups is 1. The van der Waals surface area contributed by atoms with Crippen LogP contribution in [-0.4, -0.2) is 60.7 Å². The highest BCUT2D eigenvalue weighted by Gasteiger charge is 2.41. The molecule has 2 aromatic carbocycles. The minimum atomic E-state index is -0.352. The second-order valence-corrected chi connectivity index (χ2v) is 9.90. The van der Waals surface area contributed by atoms with Gasteiger partial charge in [-0.25, -0.2) is 4.39 Å². The standard InChI is InChI=1S/C25H29FN2O4S/c1-16-23(29)28(25(33-16)21-14-20(31-2)8-9-22(21)32-3)15-17-10-12-27(13-11-17)24(30)18-4-6-19(26)7-5-18/h4-9,14,16-17,25H,10-13,15H2,1-3H3/t16-,25-/m0/s1. The molecule has 6 nitrogen and oxygen atoms in total. The van der Waals surface area contributed by atoms with Crippen LogP contribution in [0.25, 0.3) is 0 Å². The number of amides is 2. The third-order valence-corrected chi connectivity index (χ3v) is 7.77. The van der Waals surface area contributed by atoms with Crippen molar-refractivity contribution in [3.8, 4) is 11.5 Å². The number of nitrogens with zero attached hydrogens (tertiary/aromatic N) is 2. The average molecular weight is 473 g/mol. The molecule has 2 atom stereocenters. The third kappa shape index (κ3) is 4.95. The molecular weight excluding hydrogens is 443 g/mol. The Balaban J connectivity index is 1.44. The van der Waals surface area contributed by atoms with Gasteiger partial charge in [-0.1, -0.05) is 0 Å². The van der Waals surface area contributed by atoms with Crippen LogP contribution in [0.1, 0.15) is 41.1 Å². The van der Waals surface area contributed by atoms with Gasteiger partial charge in [0.1, 0.15) is 22.7 Å². The van der Waals surface area contributed by atoms with Crippen molar-refractivity contribution in [2.75, 3.05) is 33.9 Å². The quantitative estimate of drug-likeness (QED) is 0.625. The fourth-order valence-electron chi connectivity index (χ4n) is 4.51. The van der Waals surface area contributed by atoms with Gasteiger partial charge >= 0.3 is 0 Å². The predicted octanol–water partition coefficient (Wildman–Crippen LogP) is 4.36. The van der Waals surface area contributed by atoms with Crippen LogP contribution in [0.4, 0.5) is 4.39 Å². The normalized spacial score (nSPS) is 21.4. The van der Waals surface area contributed by atoms with Gasteiger partial charge in [-0.2, -0.15) is 0 Å². The molecule has 2 aliphatic heterocycles. The van der Waals surface area contributed by atoms with Gasteiger partial charge in [0.15, 0.2) is 0 Å². The minimum Gasteiger partial charge on any atom is -0.497 e. The van der Waals surface area contributed by atoms with E-state index in [1.807, 2.05) is 34.9 Å². The Morgan fingerprint density at radius 1 is 1.09 bits per heavy atom. The molecule has 0 unspecified atom stereocenters. The van der Waals surface area contributed by atoms with Gasteiger partial charge in [-0.05, 0) is 68.1 Å². The lowest BCUT2D eigenvalue weighted by Crippen LogP contribution is -2.42. The van der Waals surface area contributed by atoms with Crippen molar-refractivity contribution in [2.45, 2.75) is 30.4 Å². The van der Waals surface area contributed by atoms with Crippen molar-refractivity contribution in [3.05, 3.63) is 59.4 Å². The SMILES string of the molecule is COc1ccc(OC)c([C@@H]2S[C@@H](C)C(=O)N2CC2CCN(C(=O)c3ccc(F)cc3)CC2)c1. The molecular formula is C25H29FN2O4S. The predicted molar refractivity (Wildman–Crippen MR) is 126 cm³/mol. The lowest BCUT2D eigenvalue weighted by molar-refractivity contribution is -0.130. The Bertz CT molecular complexity index is 1010. The van der Waals surface area contributed by atoms with Crippen LogP contribution in [0.2, 0.25) is 0 Å². The number of piperidine rings is 1. The number of likely N-dealkylation sites (tertiary alicyclic amines) is 1. The summed E-state index contributed by atoms with van der Waals surface area (Å²) in [5, 5.41) is -0.275. The zero-order valence-electron chi connectivity index (χ0n) is 19.1. The summed E-state index contributed by atoms with van der Waals surface area (Å²) in [6.07, 6.45) is 1.63. The summed E-state index contributed by atoms with van der Waals surface area (Å²) in [5.41, 5.74) is 1.43. The number of halogens is 1. The van der Waals surface area contributed by atoms with E-state index in [0.717, 1.165) is 29.9 Å². The van der Waals surface area contributed by atoms with Crippen LogP contribution in [0.15, 0.2) is 42.5 Å². The highest BCUT2D eigenvalue weighted by atomic mass is 32.2. The second-order valence-electron chi connectivity index (χ2n) is 8.47. The number of benzene rings is 2.